The fraction of sp³-hybridized carbons (Fsp3) is 0.240. The van der Waals surface area contributed by atoms with Gasteiger partial charge in [-0.25, -0.2) is 0 Å². The summed E-state index contributed by atoms with van der Waals surface area (Å²) < 4.78 is 7.12. The summed E-state index contributed by atoms with van der Waals surface area (Å²) in [5.41, 5.74) is 5.94. The Morgan fingerprint density at radius 2 is 1.90 bits per heavy atom. The number of Topliss-reactive ketones (excluding diaryl/α,β-unsaturated/α-hetero) is 1. The Kier molecular flexibility index (Phi) is 5.22. The van der Waals surface area contributed by atoms with Gasteiger partial charge in [0.1, 0.15) is 5.69 Å². The van der Waals surface area contributed by atoms with Crippen LogP contribution in [0.4, 0.5) is 5.69 Å². The number of ketones is 1. The number of para-hydroxylation sites is 1. The van der Waals surface area contributed by atoms with Gasteiger partial charge in [0.2, 0.25) is 0 Å². The maximum Gasteiger partial charge on any atom is 0.185 e. The molecule has 2 aromatic carbocycles. The second-order valence-electron chi connectivity index (χ2n) is 7.81. The number of aromatic nitrogens is 3. The van der Waals surface area contributed by atoms with E-state index in [4.69, 9.17) is 9.72 Å². The standard InChI is InChI=1S/C25H24N4O2/c1-28-24(8-9-27-28)25(30)15-18-6-7-19-16-20(17-26-22(19)14-18)21-4-2-3-5-23(21)29-10-12-31-13-11-29/h2-9,14,16-17H,10-13,15H2,1H3. The number of morpholine rings is 1. The van der Waals surface area contributed by atoms with E-state index >= 15 is 0 Å². The molecule has 0 unspecified atom stereocenters. The first-order valence-corrected chi connectivity index (χ1v) is 10.5. The number of anilines is 1. The number of ether oxygens (including phenoxy) is 1. The van der Waals surface area contributed by atoms with Crippen molar-refractivity contribution in [2.24, 2.45) is 7.05 Å². The molecule has 1 saturated heterocycles. The molecule has 0 spiro atoms. The van der Waals surface area contributed by atoms with Crippen LogP contribution in [0.5, 0.6) is 0 Å². The van der Waals surface area contributed by atoms with Gasteiger partial charge in [-0.2, -0.15) is 5.10 Å². The number of nitrogens with zero attached hydrogens (tertiary/aromatic N) is 4. The summed E-state index contributed by atoms with van der Waals surface area (Å²) in [5, 5.41) is 5.14. The molecule has 5 rings (SSSR count). The van der Waals surface area contributed by atoms with Crippen LogP contribution in [0.2, 0.25) is 0 Å². The van der Waals surface area contributed by atoms with Crippen molar-refractivity contribution in [3.8, 4) is 11.1 Å². The maximum absolute atomic E-state index is 12.6. The number of benzene rings is 2. The summed E-state index contributed by atoms with van der Waals surface area (Å²) in [6.45, 7) is 3.30. The van der Waals surface area contributed by atoms with E-state index in [-0.39, 0.29) is 5.78 Å². The van der Waals surface area contributed by atoms with Crippen LogP contribution >= 0.6 is 0 Å². The van der Waals surface area contributed by atoms with E-state index in [9.17, 15) is 4.79 Å². The first-order valence-electron chi connectivity index (χ1n) is 10.5. The lowest BCUT2D eigenvalue weighted by molar-refractivity contribution is 0.0984. The van der Waals surface area contributed by atoms with Crippen molar-refractivity contribution >= 4 is 22.4 Å². The Morgan fingerprint density at radius 3 is 2.71 bits per heavy atom. The largest absolute Gasteiger partial charge is 0.378 e. The highest BCUT2D eigenvalue weighted by Crippen LogP contribution is 2.32. The molecule has 1 aliphatic rings. The molecule has 156 valence electrons. The normalized spacial score (nSPS) is 14.2. The van der Waals surface area contributed by atoms with Crippen molar-refractivity contribution in [1.82, 2.24) is 14.8 Å². The summed E-state index contributed by atoms with van der Waals surface area (Å²) >= 11 is 0. The van der Waals surface area contributed by atoms with Gasteiger partial charge in [0, 0.05) is 61.2 Å². The molecule has 0 atom stereocenters. The van der Waals surface area contributed by atoms with E-state index < -0.39 is 0 Å². The fourth-order valence-electron chi connectivity index (χ4n) is 4.15. The highest BCUT2D eigenvalue weighted by molar-refractivity contribution is 5.96. The fourth-order valence-corrected chi connectivity index (χ4v) is 4.15. The predicted octanol–water partition coefficient (Wildman–Crippen LogP) is 3.90. The van der Waals surface area contributed by atoms with Gasteiger partial charge >= 0.3 is 0 Å². The third-order valence-electron chi connectivity index (χ3n) is 5.79. The second kappa shape index (κ2) is 8.32. The molecule has 0 saturated carbocycles. The number of carbonyl (C=O) groups is 1. The summed E-state index contributed by atoms with van der Waals surface area (Å²) in [4.78, 5) is 19.7. The van der Waals surface area contributed by atoms with Crippen LogP contribution in [-0.4, -0.2) is 46.9 Å². The zero-order valence-electron chi connectivity index (χ0n) is 17.5. The van der Waals surface area contributed by atoms with Crippen molar-refractivity contribution in [2.45, 2.75) is 6.42 Å². The van der Waals surface area contributed by atoms with Crippen LogP contribution in [0.3, 0.4) is 0 Å². The average molecular weight is 412 g/mol. The molecule has 4 aromatic rings. The van der Waals surface area contributed by atoms with Crippen LogP contribution in [0.25, 0.3) is 22.0 Å². The highest BCUT2D eigenvalue weighted by Gasteiger charge is 2.16. The average Bonchev–Trinajstić information content (AvgIpc) is 3.25. The first-order chi connectivity index (χ1) is 15.2. The monoisotopic (exact) mass is 412 g/mol. The van der Waals surface area contributed by atoms with Crippen LogP contribution in [0.1, 0.15) is 16.1 Å². The number of carbonyl (C=O) groups excluding carboxylic acids is 1. The number of rotatable bonds is 5. The molecule has 0 bridgehead atoms. The Labute approximate surface area is 181 Å². The highest BCUT2D eigenvalue weighted by atomic mass is 16.5. The van der Waals surface area contributed by atoms with Gasteiger partial charge in [0.15, 0.2) is 5.78 Å². The SMILES string of the molecule is Cn1nccc1C(=O)Cc1ccc2cc(-c3ccccc3N3CCOCC3)cnc2c1. The topological polar surface area (TPSA) is 60.2 Å². The first kappa shape index (κ1) is 19.5. The molecule has 2 aromatic heterocycles. The van der Waals surface area contributed by atoms with E-state index in [0.717, 1.165) is 48.3 Å². The summed E-state index contributed by atoms with van der Waals surface area (Å²) in [6.07, 6.45) is 3.90. The van der Waals surface area contributed by atoms with Gasteiger partial charge in [0.05, 0.1) is 18.7 Å². The van der Waals surface area contributed by atoms with E-state index in [1.54, 1.807) is 24.0 Å². The minimum absolute atomic E-state index is 0.0513. The van der Waals surface area contributed by atoms with Crippen LogP contribution in [-0.2, 0) is 18.2 Å². The maximum atomic E-state index is 12.6. The van der Waals surface area contributed by atoms with Gasteiger partial charge < -0.3 is 9.64 Å². The molecule has 1 fully saturated rings. The summed E-state index contributed by atoms with van der Waals surface area (Å²) in [7, 11) is 1.78. The molecule has 3 heterocycles. The van der Waals surface area contributed by atoms with Gasteiger partial charge in [-0.15, -0.1) is 0 Å². The molecular weight excluding hydrogens is 388 g/mol. The molecule has 0 radical (unpaired) electrons. The number of fused-ring (bicyclic) bond motifs is 1. The van der Waals surface area contributed by atoms with Crippen molar-refractivity contribution in [2.75, 3.05) is 31.2 Å². The van der Waals surface area contributed by atoms with Gasteiger partial charge in [-0.1, -0.05) is 30.3 Å². The molecule has 1 aliphatic heterocycles. The van der Waals surface area contributed by atoms with E-state index in [1.807, 2.05) is 18.3 Å². The van der Waals surface area contributed by atoms with Gasteiger partial charge in [-0.05, 0) is 29.8 Å². The molecule has 0 amide bonds. The summed E-state index contributed by atoms with van der Waals surface area (Å²) in [6, 6.07) is 18.4. The minimum Gasteiger partial charge on any atom is -0.378 e. The number of pyridine rings is 1. The van der Waals surface area contributed by atoms with Crippen molar-refractivity contribution in [3.63, 3.8) is 0 Å². The number of aryl methyl sites for hydroxylation is 1. The van der Waals surface area contributed by atoms with Crippen molar-refractivity contribution < 1.29 is 9.53 Å². The van der Waals surface area contributed by atoms with E-state index in [0.29, 0.717) is 12.1 Å². The Morgan fingerprint density at radius 1 is 1.06 bits per heavy atom. The van der Waals surface area contributed by atoms with Crippen molar-refractivity contribution in [3.05, 3.63) is 78.2 Å². The third kappa shape index (κ3) is 3.94. The molecule has 0 N–H and O–H groups in total. The smallest absolute Gasteiger partial charge is 0.185 e. The Balaban J connectivity index is 1.43. The Bertz CT molecular complexity index is 1240. The number of hydrogen-bond donors (Lipinski definition) is 0. The zero-order valence-corrected chi connectivity index (χ0v) is 17.5. The lowest BCUT2D eigenvalue weighted by atomic mass is 10.0. The molecule has 31 heavy (non-hydrogen) atoms. The van der Waals surface area contributed by atoms with Crippen LogP contribution < -0.4 is 4.90 Å². The van der Waals surface area contributed by atoms with E-state index in [2.05, 4.69) is 46.4 Å². The lowest BCUT2D eigenvalue weighted by Crippen LogP contribution is -2.36. The molecule has 6 nitrogen and oxygen atoms in total. The van der Waals surface area contributed by atoms with Crippen LogP contribution in [0.15, 0.2) is 67.0 Å². The van der Waals surface area contributed by atoms with Crippen molar-refractivity contribution in [1.29, 1.82) is 0 Å². The van der Waals surface area contributed by atoms with E-state index in [1.165, 1.54) is 11.3 Å². The lowest BCUT2D eigenvalue weighted by Gasteiger charge is -2.30. The third-order valence-corrected chi connectivity index (χ3v) is 5.79. The summed E-state index contributed by atoms with van der Waals surface area (Å²) in [5.74, 6) is 0.0513. The second-order valence-corrected chi connectivity index (χ2v) is 7.81. The zero-order chi connectivity index (χ0) is 21.2. The molecule has 0 aliphatic carbocycles. The van der Waals surface area contributed by atoms with Crippen LogP contribution in [0, 0.1) is 0 Å². The number of hydrogen-bond acceptors (Lipinski definition) is 5. The van der Waals surface area contributed by atoms with Gasteiger partial charge in [-0.3, -0.25) is 14.5 Å². The Hall–Kier alpha value is -3.51. The molecule has 6 heteroatoms. The minimum atomic E-state index is 0.0513. The quantitative estimate of drug-likeness (QED) is 0.466. The molecular formula is C25H24N4O2. The van der Waals surface area contributed by atoms with Gasteiger partial charge in [0.25, 0.3) is 0 Å². The predicted molar refractivity (Wildman–Crippen MR) is 121 cm³/mol.